The number of ether oxygens (including phenoxy) is 1. The van der Waals surface area contributed by atoms with Gasteiger partial charge in [-0.15, -0.1) is 0 Å². The Morgan fingerprint density at radius 3 is 2.68 bits per heavy atom. The number of hydrogen-bond donors (Lipinski definition) is 0. The summed E-state index contributed by atoms with van der Waals surface area (Å²) in [5.41, 5.74) is -1.95. The van der Waals surface area contributed by atoms with Crippen molar-refractivity contribution in [1.82, 2.24) is 0 Å². The molecule has 3 aliphatic rings. The first-order valence-corrected chi connectivity index (χ1v) is 9.07. The van der Waals surface area contributed by atoms with Gasteiger partial charge >= 0.3 is 6.18 Å². The van der Waals surface area contributed by atoms with Crippen molar-refractivity contribution in [1.29, 1.82) is 5.26 Å². The van der Waals surface area contributed by atoms with Gasteiger partial charge in [0.15, 0.2) is 0 Å². The fourth-order valence-electron chi connectivity index (χ4n) is 4.08. The zero-order valence-electron chi connectivity index (χ0n) is 12.6. The maximum absolute atomic E-state index is 13.8. The third-order valence-corrected chi connectivity index (χ3v) is 7.42. The van der Waals surface area contributed by atoms with Gasteiger partial charge in [0.05, 0.1) is 35.1 Å². The predicted octanol–water partition coefficient (Wildman–Crippen LogP) is 2.22. The summed E-state index contributed by atoms with van der Waals surface area (Å²) in [7, 11) is -3.96. The highest BCUT2D eigenvalue weighted by atomic mass is 32.2. The zero-order chi connectivity index (χ0) is 18.1. The number of alkyl halides is 4. The lowest BCUT2D eigenvalue weighted by atomic mass is 9.87. The summed E-state index contributed by atoms with van der Waals surface area (Å²) in [4.78, 5) is 0. The number of fused-ring (bicyclic) bond motifs is 5. The highest BCUT2D eigenvalue weighted by Crippen LogP contribution is 2.50. The van der Waals surface area contributed by atoms with E-state index < -0.39 is 56.9 Å². The molecule has 0 radical (unpaired) electrons. The van der Waals surface area contributed by atoms with Crippen LogP contribution >= 0.6 is 0 Å². The molecule has 0 amide bonds. The summed E-state index contributed by atoms with van der Waals surface area (Å²) >= 11 is 0. The van der Waals surface area contributed by atoms with Crippen molar-refractivity contribution in [2.24, 2.45) is 5.92 Å². The third-order valence-electron chi connectivity index (χ3n) is 5.10. The van der Waals surface area contributed by atoms with Gasteiger partial charge in [-0.1, -0.05) is 0 Å². The number of halogens is 4. The average molecular weight is 376 g/mol. The molecule has 3 aliphatic heterocycles. The number of benzene rings is 1. The van der Waals surface area contributed by atoms with Crippen LogP contribution in [0.5, 0.6) is 0 Å². The van der Waals surface area contributed by atoms with Gasteiger partial charge in [-0.05, 0) is 18.2 Å². The molecule has 25 heavy (non-hydrogen) atoms. The van der Waals surface area contributed by atoms with Crippen LogP contribution in [0.15, 0.2) is 18.2 Å². The summed E-state index contributed by atoms with van der Waals surface area (Å²) < 4.78 is 85.0. The molecule has 2 bridgehead atoms. The van der Waals surface area contributed by atoms with Crippen LogP contribution < -0.4 is 4.31 Å². The Labute approximate surface area is 140 Å². The van der Waals surface area contributed by atoms with Crippen LogP contribution in [0.25, 0.3) is 0 Å². The summed E-state index contributed by atoms with van der Waals surface area (Å²) in [5.74, 6) is -0.608. The van der Waals surface area contributed by atoms with Crippen LogP contribution in [0.1, 0.15) is 17.5 Å². The van der Waals surface area contributed by atoms with Crippen LogP contribution in [0.2, 0.25) is 0 Å². The molecule has 0 aromatic heterocycles. The molecule has 0 N–H and O–H groups in total. The van der Waals surface area contributed by atoms with Crippen LogP contribution in [0.3, 0.4) is 0 Å². The number of hydrogen-bond acceptors (Lipinski definition) is 4. The Morgan fingerprint density at radius 2 is 2.04 bits per heavy atom. The highest BCUT2D eigenvalue weighted by Gasteiger charge is 2.64. The van der Waals surface area contributed by atoms with Crippen molar-refractivity contribution >= 4 is 15.7 Å². The van der Waals surface area contributed by atoms with Crippen LogP contribution in [0.4, 0.5) is 23.2 Å². The van der Waals surface area contributed by atoms with Crippen molar-refractivity contribution in [3.63, 3.8) is 0 Å². The third kappa shape index (κ3) is 2.25. The maximum Gasteiger partial charge on any atom is 0.417 e. The molecule has 0 spiro atoms. The summed E-state index contributed by atoms with van der Waals surface area (Å²) in [5, 5.41) is 7.90. The fraction of sp³-hybridized carbons (Fsp3) is 0.533. The Morgan fingerprint density at radius 1 is 1.32 bits per heavy atom. The van der Waals surface area contributed by atoms with E-state index in [0.717, 1.165) is 10.4 Å². The number of nitrogens with zero attached hydrogens (tertiary/aromatic N) is 2. The predicted molar refractivity (Wildman–Crippen MR) is 77.9 cm³/mol. The van der Waals surface area contributed by atoms with Crippen LogP contribution in [0, 0.1) is 17.2 Å². The summed E-state index contributed by atoms with van der Waals surface area (Å²) in [6.45, 7) is -0.127. The average Bonchev–Trinajstić information content (AvgIpc) is 3.15. The van der Waals surface area contributed by atoms with Crippen molar-refractivity contribution in [2.45, 2.75) is 36.2 Å². The molecular formula is C15H12F4N2O3S. The molecule has 1 aromatic rings. The lowest BCUT2D eigenvalue weighted by molar-refractivity contribution is -0.137. The maximum atomic E-state index is 13.8. The smallest absolute Gasteiger partial charge is 0.370 e. The van der Waals surface area contributed by atoms with Gasteiger partial charge in [0.1, 0.15) is 11.4 Å². The number of nitriles is 1. The zero-order valence-corrected chi connectivity index (χ0v) is 13.4. The molecular weight excluding hydrogens is 364 g/mol. The van der Waals surface area contributed by atoms with Gasteiger partial charge in [-0.25, -0.2) is 12.8 Å². The quantitative estimate of drug-likeness (QED) is 0.705. The minimum atomic E-state index is -4.79. The first kappa shape index (κ1) is 16.6. The lowest BCUT2D eigenvalue weighted by Crippen LogP contribution is -2.39. The summed E-state index contributed by atoms with van der Waals surface area (Å²) in [6.07, 6.45) is -7.66. The van der Waals surface area contributed by atoms with Gasteiger partial charge in [0, 0.05) is 18.9 Å². The van der Waals surface area contributed by atoms with E-state index in [4.69, 9.17) is 10.00 Å². The molecule has 4 rings (SSSR count). The molecule has 10 heteroatoms. The largest absolute Gasteiger partial charge is 0.417 e. The standard InChI is InChI=1S/C15H12F4N2O3S/c16-11-4-12-14-9(13(11)24-12)6-21(25(14,22)23)8-2-1-7(5-20)10(3-8)15(17,18)19/h1-3,9,11-14H,4,6H2/t9-,11+,12+,13+,14-/m1/s1. The van der Waals surface area contributed by atoms with E-state index in [1.807, 2.05) is 0 Å². The van der Waals surface area contributed by atoms with Gasteiger partial charge < -0.3 is 4.74 Å². The Hall–Kier alpha value is -1.86. The summed E-state index contributed by atoms with van der Waals surface area (Å²) in [6, 6.07) is 4.23. The Bertz CT molecular complexity index is 880. The Balaban J connectivity index is 1.76. The van der Waals surface area contributed by atoms with Crippen molar-refractivity contribution in [2.75, 3.05) is 10.8 Å². The van der Waals surface area contributed by atoms with E-state index in [2.05, 4.69) is 0 Å². The minimum absolute atomic E-state index is 0.0138. The van der Waals surface area contributed by atoms with Gasteiger partial charge in [-0.2, -0.15) is 18.4 Å². The molecule has 134 valence electrons. The fourth-order valence-corrected chi connectivity index (χ4v) is 6.40. The number of rotatable bonds is 1. The molecule has 0 aliphatic carbocycles. The van der Waals surface area contributed by atoms with Crippen LogP contribution in [-0.2, 0) is 20.9 Å². The highest BCUT2D eigenvalue weighted by molar-refractivity contribution is 7.93. The topological polar surface area (TPSA) is 70.4 Å². The van der Waals surface area contributed by atoms with E-state index >= 15 is 0 Å². The lowest BCUT2D eigenvalue weighted by Gasteiger charge is -2.22. The van der Waals surface area contributed by atoms with E-state index in [-0.39, 0.29) is 18.7 Å². The SMILES string of the molecule is N#Cc1ccc(N2C[C@@H]3[C@@H]4O[C@@H](C[C@@H]4F)[C@@H]3S2(=O)=O)cc1C(F)(F)F. The van der Waals surface area contributed by atoms with E-state index in [0.29, 0.717) is 6.07 Å². The van der Waals surface area contributed by atoms with Gasteiger partial charge in [0.25, 0.3) is 0 Å². The van der Waals surface area contributed by atoms with Crippen molar-refractivity contribution in [3.05, 3.63) is 29.3 Å². The first-order chi connectivity index (χ1) is 11.6. The number of anilines is 1. The monoisotopic (exact) mass is 376 g/mol. The van der Waals surface area contributed by atoms with Gasteiger partial charge in [0.2, 0.25) is 10.0 Å². The normalized spacial score (nSPS) is 35.6. The molecule has 3 fully saturated rings. The second-order valence-electron chi connectivity index (χ2n) is 6.43. The minimum Gasteiger partial charge on any atom is -0.370 e. The van der Waals surface area contributed by atoms with Gasteiger partial charge in [-0.3, -0.25) is 4.31 Å². The van der Waals surface area contributed by atoms with Crippen LogP contribution in [-0.4, -0.2) is 38.6 Å². The second kappa shape index (κ2) is 5.08. The Kier molecular flexibility index (Phi) is 3.37. The first-order valence-electron chi connectivity index (χ1n) is 7.57. The second-order valence-corrected chi connectivity index (χ2v) is 8.45. The van der Waals surface area contributed by atoms with Crippen molar-refractivity contribution in [3.8, 4) is 6.07 Å². The molecule has 0 saturated carbocycles. The van der Waals surface area contributed by atoms with Crippen molar-refractivity contribution < 1.29 is 30.7 Å². The molecule has 5 nitrogen and oxygen atoms in total. The number of sulfonamides is 1. The molecule has 3 saturated heterocycles. The van der Waals surface area contributed by atoms with E-state index in [1.54, 1.807) is 0 Å². The molecule has 5 atom stereocenters. The van der Waals surface area contributed by atoms with E-state index in [9.17, 15) is 26.0 Å². The molecule has 0 unspecified atom stereocenters. The van der Waals surface area contributed by atoms with E-state index in [1.165, 1.54) is 12.1 Å². The molecule has 3 heterocycles. The molecule has 1 aromatic carbocycles.